The van der Waals surface area contributed by atoms with Crippen LogP contribution in [0.1, 0.15) is 189 Å². The minimum atomic E-state index is -4.84. The van der Waals surface area contributed by atoms with Gasteiger partial charge in [-0.15, -0.1) is 0 Å². The van der Waals surface area contributed by atoms with E-state index < -0.39 is 27.0 Å². The van der Waals surface area contributed by atoms with Gasteiger partial charge in [0, 0.05) is 0 Å². The van der Waals surface area contributed by atoms with Crippen LogP contribution in [0.3, 0.4) is 0 Å². The van der Waals surface area contributed by atoms with E-state index in [9.17, 15) is 22.6 Å². The third kappa shape index (κ3) is 24.9. The van der Waals surface area contributed by atoms with Crippen molar-refractivity contribution in [3.63, 3.8) is 0 Å². The third-order valence-electron chi connectivity index (χ3n) is 8.21. The summed E-state index contributed by atoms with van der Waals surface area (Å²) < 4.78 is 45.0. The molecule has 1 rings (SSSR count). The van der Waals surface area contributed by atoms with E-state index in [1.165, 1.54) is 128 Å². The zero-order valence-corrected chi connectivity index (χ0v) is 33.7. The molecule has 0 fully saturated rings. The molecular weight excluding hydrogens is 640 g/mol. The number of allylic oxidation sites excluding steroid dienone is 2. The summed E-state index contributed by atoms with van der Waals surface area (Å²) >= 11 is 0. The van der Waals surface area contributed by atoms with Crippen molar-refractivity contribution < 1.29 is 83.4 Å². The molecule has 0 saturated heterocycles. The van der Waals surface area contributed by atoms with Crippen molar-refractivity contribution in [3.05, 3.63) is 54.0 Å². The second-order valence-electron chi connectivity index (χ2n) is 12.4. The van der Waals surface area contributed by atoms with E-state index >= 15 is 0 Å². The molecule has 0 aliphatic heterocycles. The van der Waals surface area contributed by atoms with Gasteiger partial charge < -0.3 is 14.0 Å². The van der Waals surface area contributed by atoms with Crippen molar-refractivity contribution >= 4 is 22.1 Å². The molecule has 0 heterocycles. The van der Waals surface area contributed by atoms with Crippen molar-refractivity contribution in [2.45, 2.75) is 173 Å². The van der Waals surface area contributed by atoms with Gasteiger partial charge in [0.1, 0.15) is 10.1 Å². The summed E-state index contributed by atoms with van der Waals surface area (Å²) in [4.78, 5) is 24.9. The van der Waals surface area contributed by atoms with Crippen LogP contribution < -0.4 is 51.4 Å². The number of ether oxygens (including phenoxy) is 2. The van der Waals surface area contributed by atoms with Crippen LogP contribution in [0.4, 0.5) is 0 Å². The van der Waals surface area contributed by atoms with Crippen LogP contribution in [0, 0.1) is 0 Å². The number of esters is 2. The average Bonchev–Trinajstić information content (AvgIpc) is 3.04. The van der Waals surface area contributed by atoms with Gasteiger partial charge in [0.15, 0.2) is 0 Å². The van der Waals surface area contributed by atoms with Crippen molar-refractivity contribution in [3.8, 4) is 0 Å². The van der Waals surface area contributed by atoms with Gasteiger partial charge in [-0.05, 0) is 56.0 Å². The van der Waals surface area contributed by atoms with Gasteiger partial charge in [-0.25, -0.2) is 18.0 Å². The van der Waals surface area contributed by atoms with E-state index in [2.05, 4.69) is 13.8 Å². The van der Waals surface area contributed by atoms with Gasteiger partial charge >= 0.3 is 63.3 Å². The number of carbonyl (C=O) groups excluding carboxylic acids is 2. The molecule has 0 amide bonds. The van der Waals surface area contributed by atoms with E-state index in [1.807, 2.05) is 0 Å². The molecule has 9 heteroatoms. The Hall–Kier alpha value is -0.814. The largest absolute Gasteiger partial charge is 1.00 e. The Morgan fingerprint density at radius 1 is 0.574 bits per heavy atom. The van der Waals surface area contributed by atoms with Gasteiger partial charge in [0.2, 0.25) is 0 Å². The first-order chi connectivity index (χ1) is 22.3. The first-order valence-corrected chi connectivity index (χ1v) is 19.5. The number of benzene rings is 1. The predicted molar refractivity (Wildman–Crippen MR) is 186 cm³/mol. The SMILES string of the molecule is CCCCCCCCCCCCC/C=C/OC(=O)c1ccc(S(=O)(=O)[O-])cc1C(=O)O/C=C/CCCCCCCCCCCCC.[K+]. The molecule has 0 unspecified atom stereocenters. The van der Waals surface area contributed by atoms with Crippen LogP contribution in [0.2, 0.25) is 0 Å². The minimum absolute atomic E-state index is 0. The summed E-state index contributed by atoms with van der Waals surface area (Å²) in [5, 5.41) is 0. The molecule has 0 radical (unpaired) electrons. The monoisotopic (exact) mass is 700 g/mol. The molecule has 1 aromatic rings. The minimum Gasteiger partial charge on any atom is -0.744 e. The summed E-state index contributed by atoms with van der Waals surface area (Å²) in [6.45, 7) is 4.47. The summed E-state index contributed by atoms with van der Waals surface area (Å²) in [6, 6.07) is 2.97. The topological polar surface area (TPSA) is 110 Å². The van der Waals surface area contributed by atoms with Crippen LogP contribution >= 0.6 is 0 Å². The molecule has 0 bridgehead atoms. The Kier molecular flexibility index (Phi) is 30.6. The fraction of sp³-hybridized carbons (Fsp3) is 0.684. The normalized spacial score (nSPS) is 11.6. The number of unbranched alkanes of at least 4 members (excludes halogenated alkanes) is 22. The Morgan fingerprint density at radius 3 is 1.28 bits per heavy atom. The fourth-order valence-electron chi connectivity index (χ4n) is 5.36. The van der Waals surface area contributed by atoms with Crippen molar-refractivity contribution in [1.29, 1.82) is 0 Å². The Bertz CT molecular complexity index is 1120. The van der Waals surface area contributed by atoms with Crippen LogP contribution in [-0.2, 0) is 19.6 Å². The van der Waals surface area contributed by atoms with Gasteiger partial charge in [-0.1, -0.05) is 142 Å². The maximum atomic E-state index is 12.8. The zero-order chi connectivity index (χ0) is 33.7. The van der Waals surface area contributed by atoms with E-state index in [0.717, 1.165) is 56.7 Å². The predicted octanol–water partition coefficient (Wildman–Crippen LogP) is 8.34. The summed E-state index contributed by atoms with van der Waals surface area (Å²) in [5.74, 6) is -1.76. The van der Waals surface area contributed by atoms with E-state index in [1.54, 1.807) is 12.2 Å². The van der Waals surface area contributed by atoms with Crippen LogP contribution in [0.15, 0.2) is 47.8 Å². The molecule has 0 aliphatic carbocycles. The molecule has 0 atom stereocenters. The number of rotatable bonds is 29. The molecule has 47 heavy (non-hydrogen) atoms. The van der Waals surface area contributed by atoms with E-state index in [0.29, 0.717) is 0 Å². The summed E-state index contributed by atoms with van der Waals surface area (Å²) in [5.41, 5.74) is -0.504. The summed E-state index contributed by atoms with van der Waals surface area (Å²) in [7, 11) is -4.84. The smallest absolute Gasteiger partial charge is 0.744 e. The second-order valence-corrected chi connectivity index (χ2v) is 13.7. The van der Waals surface area contributed by atoms with Gasteiger partial charge in [0.05, 0.1) is 28.5 Å². The number of hydrogen-bond donors (Lipinski definition) is 0. The first-order valence-electron chi connectivity index (χ1n) is 18.1. The maximum Gasteiger partial charge on any atom is 1.00 e. The molecule has 0 aliphatic rings. The Labute approximate surface area is 329 Å². The van der Waals surface area contributed by atoms with Crippen molar-refractivity contribution in [2.75, 3.05) is 0 Å². The average molecular weight is 701 g/mol. The van der Waals surface area contributed by atoms with Crippen molar-refractivity contribution in [2.24, 2.45) is 0 Å². The quantitative estimate of drug-likeness (QED) is 0.0272. The first kappa shape index (κ1) is 46.2. The van der Waals surface area contributed by atoms with E-state index in [4.69, 9.17) is 9.47 Å². The second kappa shape index (κ2) is 31.2. The van der Waals surface area contributed by atoms with Crippen LogP contribution in [0.25, 0.3) is 0 Å². The molecular formula is C38H61KO7S. The Morgan fingerprint density at radius 2 is 0.915 bits per heavy atom. The van der Waals surface area contributed by atoms with Crippen molar-refractivity contribution in [1.82, 2.24) is 0 Å². The molecule has 7 nitrogen and oxygen atoms in total. The van der Waals surface area contributed by atoms with E-state index in [-0.39, 0.29) is 62.5 Å². The van der Waals surface area contributed by atoms with Gasteiger partial charge in [-0.2, -0.15) is 0 Å². The van der Waals surface area contributed by atoms with Gasteiger partial charge in [-0.3, -0.25) is 0 Å². The van der Waals surface area contributed by atoms with Crippen LogP contribution in [0.5, 0.6) is 0 Å². The standard InChI is InChI=1S/C38H62O7S.K/c1-3-5-7-9-11-13-15-17-19-21-23-25-27-31-44-37(39)35-30-29-34(46(41,42)43)33-36(35)38(40)45-32-28-26-24-22-20-18-16-14-12-10-8-6-4-2;/h27-33H,3-26H2,1-2H3,(H,41,42,43);/q;+1/p-1/b31-27+,32-28+;. The molecule has 1 aromatic carbocycles. The molecule has 0 N–H and O–H groups in total. The fourth-order valence-corrected chi connectivity index (χ4v) is 5.86. The van der Waals surface area contributed by atoms with Gasteiger partial charge in [0.25, 0.3) is 0 Å². The molecule has 262 valence electrons. The third-order valence-corrected chi connectivity index (χ3v) is 9.04. The Balaban J connectivity index is 0.0000212. The maximum absolute atomic E-state index is 12.8. The molecule has 0 saturated carbocycles. The molecule has 0 aromatic heterocycles. The molecule has 0 spiro atoms. The summed E-state index contributed by atoms with van der Waals surface area (Å²) in [6.07, 6.45) is 35.0. The van der Waals surface area contributed by atoms with Crippen LogP contribution in [-0.4, -0.2) is 24.9 Å². The number of carbonyl (C=O) groups is 2. The zero-order valence-electron chi connectivity index (χ0n) is 29.8. The number of hydrogen-bond acceptors (Lipinski definition) is 7.